The Morgan fingerprint density at radius 1 is 1.41 bits per heavy atom. The van der Waals surface area contributed by atoms with Crippen LogP contribution in [-0.4, -0.2) is 34.1 Å². The van der Waals surface area contributed by atoms with Gasteiger partial charge in [0, 0.05) is 29.6 Å². The highest BCUT2D eigenvalue weighted by Crippen LogP contribution is 2.37. The SMILES string of the molecule is Nc1ccc(Cl)cc1C(Sc1ncccn1)C(=O)NCCO. The highest BCUT2D eigenvalue weighted by atomic mass is 35.5. The molecule has 6 nitrogen and oxygen atoms in total. The van der Waals surface area contributed by atoms with Gasteiger partial charge in [0.2, 0.25) is 5.91 Å². The number of rotatable bonds is 6. The second-order valence-electron chi connectivity index (χ2n) is 4.32. The third kappa shape index (κ3) is 4.33. The minimum absolute atomic E-state index is 0.143. The van der Waals surface area contributed by atoms with Crippen molar-refractivity contribution in [3.63, 3.8) is 0 Å². The molecule has 116 valence electrons. The van der Waals surface area contributed by atoms with Crippen LogP contribution in [0, 0.1) is 0 Å². The van der Waals surface area contributed by atoms with Gasteiger partial charge in [-0.05, 0) is 29.8 Å². The topological polar surface area (TPSA) is 101 Å². The van der Waals surface area contributed by atoms with Crippen molar-refractivity contribution in [2.45, 2.75) is 10.4 Å². The Bertz CT molecular complexity index is 642. The molecule has 1 aromatic heterocycles. The molecule has 2 rings (SSSR count). The number of carbonyl (C=O) groups is 1. The number of carbonyl (C=O) groups excluding carboxylic acids is 1. The molecule has 0 aliphatic heterocycles. The number of anilines is 1. The Balaban J connectivity index is 2.32. The standard InChI is InChI=1S/C14H15ClN4O2S/c15-9-2-3-11(16)10(8-9)12(13(21)17-6-7-20)22-14-18-4-1-5-19-14/h1-5,8,12,20H,6-7,16H2,(H,17,21). The lowest BCUT2D eigenvalue weighted by molar-refractivity contribution is -0.120. The average molecular weight is 339 g/mol. The van der Waals surface area contributed by atoms with E-state index in [4.69, 9.17) is 22.4 Å². The lowest BCUT2D eigenvalue weighted by atomic mass is 10.1. The first kappa shape index (κ1) is 16.5. The molecule has 1 amide bonds. The molecule has 0 radical (unpaired) electrons. The normalized spacial score (nSPS) is 11.9. The third-order valence-electron chi connectivity index (χ3n) is 2.75. The summed E-state index contributed by atoms with van der Waals surface area (Å²) in [4.78, 5) is 20.6. The van der Waals surface area contributed by atoms with E-state index in [2.05, 4.69) is 15.3 Å². The van der Waals surface area contributed by atoms with Gasteiger partial charge in [0.1, 0.15) is 5.25 Å². The van der Waals surface area contributed by atoms with E-state index < -0.39 is 5.25 Å². The Kier molecular flexibility index (Phi) is 6.00. The highest BCUT2D eigenvalue weighted by molar-refractivity contribution is 8.00. The number of thioether (sulfide) groups is 1. The van der Waals surface area contributed by atoms with E-state index in [0.717, 1.165) is 0 Å². The molecular weight excluding hydrogens is 324 g/mol. The number of hydrogen-bond donors (Lipinski definition) is 3. The number of nitrogens with one attached hydrogen (secondary N) is 1. The first-order chi connectivity index (χ1) is 10.6. The Morgan fingerprint density at radius 3 is 2.82 bits per heavy atom. The summed E-state index contributed by atoms with van der Waals surface area (Å²) in [5.74, 6) is -0.291. The molecule has 0 bridgehead atoms. The minimum atomic E-state index is -0.660. The summed E-state index contributed by atoms with van der Waals surface area (Å²) >= 11 is 7.17. The van der Waals surface area contributed by atoms with Gasteiger partial charge in [0.15, 0.2) is 5.16 Å². The van der Waals surface area contributed by atoms with Crippen molar-refractivity contribution in [2.75, 3.05) is 18.9 Å². The molecule has 0 fully saturated rings. The maximum Gasteiger partial charge on any atom is 0.238 e. The van der Waals surface area contributed by atoms with Gasteiger partial charge in [-0.25, -0.2) is 9.97 Å². The second-order valence-corrected chi connectivity index (χ2v) is 5.83. The van der Waals surface area contributed by atoms with Crippen LogP contribution >= 0.6 is 23.4 Å². The van der Waals surface area contributed by atoms with Gasteiger partial charge >= 0.3 is 0 Å². The van der Waals surface area contributed by atoms with Gasteiger partial charge in [0.25, 0.3) is 0 Å². The van der Waals surface area contributed by atoms with Crippen molar-refractivity contribution >= 4 is 35.0 Å². The fourth-order valence-electron chi connectivity index (χ4n) is 1.75. The lowest BCUT2D eigenvalue weighted by Gasteiger charge is -2.17. The van der Waals surface area contributed by atoms with Crippen molar-refractivity contribution < 1.29 is 9.90 Å². The van der Waals surface area contributed by atoms with Crippen molar-refractivity contribution in [3.8, 4) is 0 Å². The van der Waals surface area contributed by atoms with Crippen molar-refractivity contribution in [1.82, 2.24) is 15.3 Å². The maximum atomic E-state index is 12.4. The largest absolute Gasteiger partial charge is 0.398 e. The average Bonchev–Trinajstić information content (AvgIpc) is 2.54. The Hall–Kier alpha value is -1.83. The van der Waals surface area contributed by atoms with Crippen LogP contribution in [0.5, 0.6) is 0 Å². The van der Waals surface area contributed by atoms with Crippen LogP contribution in [-0.2, 0) is 4.79 Å². The predicted octanol–water partition coefficient (Wildman–Crippen LogP) is 1.65. The number of hydrogen-bond acceptors (Lipinski definition) is 6. The molecular formula is C14H15ClN4O2S. The van der Waals surface area contributed by atoms with Crippen molar-refractivity contribution in [1.29, 1.82) is 0 Å². The first-order valence-electron chi connectivity index (χ1n) is 6.49. The molecule has 0 saturated heterocycles. The zero-order valence-electron chi connectivity index (χ0n) is 11.6. The summed E-state index contributed by atoms with van der Waals surface area (Å²) in [7, 11) is 0. The van der Waals surface area contributed by atoms with Crippen LogP contribution in [0.1, 0.15) is 10.8 Å². The van der Waals surface area contributed by atoms with Crippen molar-refractivity contribution in [3.05, 3.63) is 47.2 Å². The monoisotopic (exact) mass is 338 g/mol. The van der Waals surface area contributed by atoms with E-state index in [0.29, 0.717) is 21.4 Å². The fraction of sp³-hybridized carbons (Fsp3) is 0.214. The molecule has 1 heterocycles. The zero-order chi connectivity index (χ0) is 15.9. The molecule has 0 saturated carbocycles. The minimum Gasteiger partial charge on any atom is -0.398 e. The molecule has 1 atom stereocenters. The van der Waals surface area contributed by atoms with E-state index in [1.807, 2.05) is 0 Å². The molecule has 4 N–H and O–H groups in total. The number of amides is 1. The summed E-state index contributed by atoms with van der Waals surface area (Å²) in [6.45, 7) is 0.0159. The van der Waals surface area contributed by atoms with Gasteiger partial charge in [-0.3, -0.25) is 4.79 Å². The first-order valence-corrected chi connectivity index (χ1v) is 7.74. The van der Waals surface area contributed by atoms with Crippen LogP contribution in [0.25, 0.3) is 0 Å². The maximum absolute atomic E-state index is 12.4. The van der Waals surface area contributed by atoms with Crippen LogP contribution < -0.4 is 11.1 Å². The highest BCUT2D eigenvalue weighted by Gasteiger charge is 2.25. The molecule has 0 aliphatic carbocycles. The molecule has 22 heavy (non-hydrogen) atoms. The summed E-state index contributed by atoms with van der Waals surface area (Å²) in [6, 6.07) is 6.65. The molecule has 1 unspecified atom stereocenters. The van der Waals surface area contributed by atoms with Crippen LogP contribution in [0.2, 0.25) is 5.02 Å². The third-order valence-corrected chi connectivity index (χ3v) is 4.11. The molecule has 2 aromatic rings. The van der Waals surface area contributed by atoms with Gasteiger partial charge < -0.3 is 16.2 Å². The van der Waals surface area contributed by atoms with Crippen LogP contribution in [0.3, 0.4) is 0 Å². The number of nitrogen functional groups attached to an aromatic ring is 1. The van der Waals surface area contributed by atoms with E-state index >= 15 is 0 Å². The number of nitrogens with two attached hydrogens (primary N) is 1. The number of aliphatic hydroxyl groups excluding tert-OH is 1. The molecule has 1 aromatic carbocycles. The van der Waals surface area contributed by atoms with Crippen molar-refractivity contribution in [2.24, 2.45) is 0 Å². The number of halogens is 1. The number of aliphatic hydroxyl groups is 1. The Morgan fingerprint density at radius 2 is 2.14 bits per heavy atom. The molecule has 0 aliphatic rings. The smallest absolute Gasteiger partial charge is 0.238 e. The number of aromatic nitrogens is 2. The van der Waals surface area contributed by atoms with Gasteiger partial charge in [-0.1, -0.05) is 23.4 Å². The van der Waals surface area contributed by atoms with Gasteiger partial charge in [-0.15, -0.1) is 0 Å². The van der Waals surface area contributed by atoms with Crippen LogP contribution in [0.4, 0.5) is 5.69 Å². The van der Waals surface area contributed by atoms with Gasteiger partial charge in [0.05, 0.1) is 6.61 Å². The lowest BCUT2D eigenvalue weighted by Crippen LogP contribution is -2.30. The van der Waals surface area contributed by atoms with E-state index in [9.17, 15) is 4.79 Å². The van der Waals surface area contributed by atoms with E-state index in [1.54, 1.807) is 36.7 Å². The van der Waals surface area contributed by atoms with E-state index in [1.165, 1.54) is 11.8 Å². The quantitative estimate of drug-likeness (QED) is 0.420. The summed E-state index contributed by atoms with van der Waals surface area (Å²) in [6.07, 6.45) is 3.19. The molecule has 0 spiro atoms. The summed E-state index contributed by atoms with van der Waals surface area (Å²) in [5, 5.41) is 11.8. The summed E-state index contributed by atoms with van der Waals surface area (Å²) in [5.41, 5.74) is 7.01. The van der Waals surface area contributed by atoms with Gasteiger partial charge in [-0.2, -0.15) is 0 Å². The number of nitrogens with zero attached hydrogens (tertiary/aromatic N) is 2. The van der Waals surface area contributed by atoms with E-state index in [-0.39, 0.29) is 19.1 Å². The zero-order valence-corrected chi connectivity index (χ0v) is 13.1. The fourth-order valence-corrected chi connectivity index (χ4v) is 2.91. The molecule has 8 heteroatoms. The summed E-state index contributed by atoms with van der Waals surface area (Å²) < 4.78 is 0. The predicted molar refractivity (Wildman–Crippen MR) is 86.6 cm³/mol. The Labute approximate surface area is 137 Å². The second kappa shape index (κ2) is 7.98. The van der Waals surface area contributed by atoms with Crippen LogP contribution in [0.15, 0.2) is 41.8 Å². The number of benzene rings is 1.